The van der Waals surface area contributed by atoms with Crippen molar-refractivity contribution in [2.45, 2.75) is 72.8 Å². The molecule has 172 valence electrons. The Morgan fingerprint density at radius 1 is 0.581 bits per heavy atom. The van der Waals surface area contributed by atoms with E-state index in [1.165, 1.54) is 0 Å². The van der Waals surface area contributed by atoms with Gasteiger partial charge in [-0.25, -0.2) is 0 Å². The van der Waals surface area contributed by atoms with Crippen LogP contribution in [0.5, 0.6) is 0 Å². The van der Waals surface area contributed by atoms with Gasteiger partial charge < -0.3 is 20.4 Å². The molecule has 0 saturated heterocycles. The smallest absolute Gasteiger partial charge is 0.128 e. The second kappa shape index (κ2) is 10.3. The van der Waals surface area contributed by atoms with E-state index in [0.717, 1.165) is 33.4 Å². The molecule has 4 heteroatoms. The molecule has 0 saturated carbocycles. The predicted molar refractivity (Wildman–Crippen MR) is 127 cm³/mol. The van der Waals surface area contributed by atoms with Gasteiger partial charge in [-0.3, -0.25) is 0 Å². The van der Waals surface area contributed by atoms with Gasteiger partial charge in [-0.2, -0.15) is 0 Å². The number of hydrogen-bond donors (Lipinski definition) is 4. The first-order chi connectivity index (χ1) is 14.7. The van der Waals surface area contributed by atoms with E-state index < -0.39 is 30.8 Å². The first-order valence-electron chi connectivity index (χ1n) is 11.5. The molecule has 0 bridgehead atoms. The molecule has 4 nitrogen and oxygen atoms in total. The number of rotatable bonds is 10. The molecule has 0 aliphatic heterocycles. The summed E-state index contributed by atoms with van der Waals surface area (Å²) in [5.74, 6) is 0. The summed E-state index contributed by atoms with van der Waals surface area (Å²) in [6, 6.07) is 8.28. The Labute approximate surface area is 187 Å². The Morgan fingerprint density at radius 3 is 1.03 bits per heavy atom. The summed E-state index contributed by atoms with van der Waals surface area (Å²) in [4.78, 5) is 0. The van der Waals surface area contributed by atoms with Crippen LogP contribution in [0.15, 0.2) is 24.3 Å². The molecule has 0 amide bonds. The Kier molecular flexibility index (Phi) is 8.46. The monoisotopic (exact) mass is 428 g/mol. The molecule has 0 atom stereocenters. The maximum atomic E-state index is 12.8. The molecule has 4 N–H and O–H groups in total. The molecule has 2 rings (SSSR count). The van der Waals surface area contributed by atoms with E-state index in [9.17, 15) is 20.4 Å². The average molecular weight is 429 g/mol. The first-order valence-corrected chi connectivity index (χ1v) is 11.5. The van der Waals surface area contributed by atoms with Gasteiger partial charge in [0.05, 0.1) is 25.2 Å². The second-order valence-electron chi connectivity index (χ2n) is 8.80. The van der Waals surface area contributed by atoms with E-state index in [0.29, 0.717) is 36.8 Å². The molecular weight excluding hydrogens is 388 g/mol. The van der Waals surface area contributed by atoms with Crippen LogP contribution < -0.4 is 0 Å². The van der Waals surface area contributed by atoms with Crippen molar-refractivity contribution in [1.29, 1.82) is 0 Å². The highest BCUT2D eigenvalue weighted by Crippen LogP contribution is 2.50. The van der Waals surface area contributed by atoms with Gasteiger partial charge in [0.2, 0.25) is 0 Å². The van der Waals surface area contributed by atoms with Crippen LogP contribution in [-0.2, 0) is 31.3 Å². The fourth-order valence-corrected chi connectivity index (χ4v) is 5.08. The third kappa shape index (κ3) is 4.19. The van der Waals surface area contributed by atoms with E-state index in [-0.39, 0.29) is 0 Å². The minimum absolute atomic E-state index is 0.545. The van der Waals surface area contributed by atoms with Crippen LogP contribution >= 0.6 is 0 Å². The lowest BCUT2D eigenvalue weighted by molar-refractivity contribution is -0.137. The molecular formula is C27H40O4. The van der Waals surface area contributed by atoms with Crippen LogP contribution in [0.1, 0.15) is 72.2 Å². The largest absolute Gasteiger partial charge is 0.395 e. The maximum Gasteiger partial charge on any atom is 0.128 e. The van der Waals surface area contributed by atoms with E-state index in [1.54, 1.807) is 0 Å². The summed E-state index contributed by atoms with van der Waals surface area (Å²) in [5, 5.41) is 44.4. The van der Waals surface area contributed by atoms with Crippen molar-refractivity contribution in [2.75, 3.05) is 19.8 Å². The first kappa shape index (κ1) is 25.5. The summed E-state index contributed by atoms with van der Waals surface area (Å²) in [6.07, 6.45) is 2.78. The number of benzene rings is 2. The van der Waals surface area contributed by atoms with Gasteiger partial charge in [0, 0.05) is 0 Å². The normalized spacial score (nSPS) is 12.5. The fourth-order valence-electron chi connectivity index (χ4n) is 5.08. The zero-order chi connectivity index (χ0) is 23.4. The third-order valence-electron chi connectivity index (χ3n) is 6.81. The lowest BCUT2D eigenvalue weighted by Gasteiger charge is -2.48. The molecule has 0 heterocycles. The van der Waals surface area contributed by atoms with Crippen LogP contribution in [0.25, 0.3) is 0 Å². The molecule has 0 fully saturated rings. The second-order valence-corrected chi connectivity index (χ2v) is 8.80. The molecule has 31 heavy (non-hydrogen) atoms. The van der Waals surface area contributed by atoms with E-state index in [4.69, 9.17) is 0 Å². The molecule has 2 aromatic rings. The Balaban J connectivity index is 3.18. The van der Waals surface area contributed by atoms with E-state index >= 15 is 0 Å². The lowest BCUT2D eigenvalue weighted by Crippen LogP contribution is -2.55. The average Bonchev–Trinajstić information content (AvgIpc) is 2.78. The highest BCUT2D eigenvalue weighted by Gasteiger charge is 2.55. The Bertz CT molecular complexity index is 776. The molecule has 0 aromatic heterocycles. The van der Waals surface area contributed by atoms with Gasteiger partial charge in [0.15, 0.2) is 0 Å². The SMILES string of the molecule is CCc1cc(C)cc(CC)c1C(O)(c1c(CC)cc(C)cc1CC)C(CO)(CO)CO. The fraction of sp³-hybridized carbons (Fsp3) is 0.556. The van der Waals surface area contributed by atoms with Gasteiger partial charge in [-0.05, 0) is 72.9 Å². The van der Waals surface area contributed by atoms with Gasteiger partial charge in [0.25, 0.3) is 0 Å². The Hall–Kier alpha value is -1.72. The van der Waals surface area contributed by atoms with E-state index in [2.05, 4.69) is 24.3 Å². The van der Waals surface area contributed by atoms with Crippen molar-refractivity contribution < 1.29 is 20.4 Å². The highest BCUT2D eigenvalue weighted by molar-refractivity contribution is 5.55. The Morgan fingerprint density at radius 2 is 0.839 bits per heavy atom. The van der Waals surface area contributed by atoms with Crippen molar-refractivity contribution >= 4 is 0 Å². The van der Waals surface area contributed by atoms with Gasteiger partial charge in [-0.1, -0.05) is 63.1 Å². The number of aliphatic hydroxyl groups is 4. The third-order valence-corrected chi connectivity index (χ3v) is 6.81. The van der Waals surface area contributed by atoms with Crippen molar-refractivity contribution in [3.63, 3.8) is 0 Å². The summed E-state index contributed by atoms with van der Waals surface area (Å²) >= 11 is 0. The van der Waals surface area contributed by atoms with Gasteiger partial charge >= 0.3 is 0 Å². The summed E-state index contributed by atoms with van der Waals surface area (Å²) in [5.41, 5.74) is 4.26. The molecule has 0 spiro atoms. The summed E-state index contributed by atoms with van der Waals surface area (Å²) in [7, 11) is 0. The summed E-state index contributed by atoms with van der Waals surface area (Å²) < 4.78 is 0. The zero-order valence-corrected chi connectivity index (χ0v) is 20.0. The van der Waals surface area contributed by atoms with Crippen molar-refractivity contribution in [1.82, 2.24) is 0 Å². The van der Waals surface area contributed by atoms with Crippen LogP contribution in [0.4, 0.5) is 0 Å². The van der Waals surface area contributed by atoms with Gasteiger partial charge in [-0.15, -0.1) is 0 Å². The molecule has 0 unspecified atom stereocenters. The van der Waals surface area contributed by atoms with Crippen LogP contribution in [-0.4, -0.2) is 40.2 Å². The van der Waals surface area contributed by atoms with Gasteiger partial charge in [0.1, 0.15) is 5.60 Å². The molecule has 0 radical (unpaired) electrons. The summed E-state index contributed by atoms with van der Waals surface area (Å²) in [6.45, 7) is 10.6. The highest BCUT2D eigenvalue weighted by atomic mass is 16.3. The number of aliphatic hydroxyl groups excluding tert-OH is 3. The van der Waals surface area contributed by atoms with Crippen LogP contribution in [0.2, 0.25) is 0 Å². The van der Waals surface area contributed by atoms with E-state index in [1.807, 2.05) is 41.5 Å². The standard InChI is InChI=1S/C27H40O4/c1-7-20-11-18(5)12-21(8-2)24(20)27(31,26(15-28,16-29)17-30)25-22(9-3)13-19(6)14-23(25)10-4/h11-14,28-31H,7-10,15-17H2,1-6H3. The van der Waals surface area contributed by atoms with Crippen LogP contribution in [0.3, 0.4) is 0 Å². The quantitative estimate of drug-likeness (QED) is 0.465. The van der Waals surface area contributed by atoms with Crippen molar-refractivity contribution in [3.05, 3.63) is 68.8 Å². The van der Waals surface area contributed by atoms with Crippen LogP contribution in [0, 0.1) is 19.3 Å². The minimum Gasteiger partial charge on any atom is -0.395 e. The minimum atomic E-state index is -1.75. The molecule has 0 aliphatic rings. The molecule has 2 aromatic carbocycles. The number of aryl methyl sites for hydroxylation is 6. The number of hydrogen-bond acceptors (Lipinski definition) is 4. The van der Waals surface area contributed by atoms with Crippen molar-refractivity contribution in [2.24, 2.45) is 5.41 Å². The zero-order valence-electron chi connectivity index (χ0n) is 20.0. The lowest BCUT2D eigenvalue weighted by atomic mass is 9.61. The van der Waals surface area contributed by atoms with Crippen molar-refractivity contribution in [3.8, 4) is 0 Å². The molecule has 0 aliphatic carbocycles. The topological polar surface area (TPSA) is 80.9 Å². The maximum absolute atomic E-state index is 12.8. The predicted octanol–water partition coefficient (Wildman–Crippen LogP) is 3.75.